The summed E-state index contributed by atoms with van der Waals surface area (Å²) in [6.45, 7) is 5.55. The molecule has 1 spiro atoms. The lowest BCUT2D eigenvalue weighted by molar-refractivity contribution is -0.127. The number of carbonyl (C=O) groups is 1. The highest BCUT2D eigenvalue weighted by molar-refractivity contribution is 6.02. The third-order valence-electron chi connectivity index (χ3n) is 7.81. The minimum atomic E-state index is -0.0960. The second-order valence-corrected chi connectivity index (χ2v) is 9.42. The molecular formula is C23H34N4O. The van der Waals surface area contributed by atoms with Gasteiger partial charge in [-0.1, -0.05) is 19.3 Å². The van der Waals surface area contributed by atoms with Gasteiger partial charge in [-0.25, -0.2) is 0 Å². The van der Waals surface area contributed by atoms with E-state index in [1.807, 2.05) is 4.90 Å². The molecule has 3 saturated heterocycles. The van der Waals surface area contributed by atoms with E-state index in [2.05, 4.69) is 28.0 Å². The van der Waals surface area contributed by atoms with Gasteiger partial charge in [0.1, 0.15) is 0 Å². The van der Waals surface area contributed by atoms with Crippen molar-refractivity contribution >= 4 is 23.0 Å². The molecule has 1 aromatic rings. The zero-order chi connectivity index (χ0) is 19.1. The molecule has 2 N–H and O–H groups in total. The number of amides is 1. The van der Waals surface area contributed by atoms with Crippen molar-refractivity contribution in [2.24, 2.45) is 5.41 Å². The van der Waals surface area contributed by atoms with Crippen LogP contribution in [-0.4, -0.2) is 49.6 Å². The third kappa shape index (κ3) is 3.08. The number of nitrogens with zero attached hydrogens (tertiary/aromatic N) is 3. The van der Waals surface area contributed by atoms with Gasteiger partial charge in [0.15, 0.2) is 0 Å². The molecule has 5 rings (SSSR count). The summed E-state index contributed by atoms with van der Waals surface area (Å²) >= 11 is 0. The summed E-state index contributed by atoms with van der Waals surface area (Å²) in [5.41, 5.74) is 9.26. The van der Waals surface area contributed by atoms with Crippen LogP contribution < -0.4 is 15.5 Å². The van der Waals surface area contributed by atoms with Crippen molar-refractivity contribution in [1.29, 1.82) is 0 Å². The molecule has 1 unspecified atom stereocenters. The molecule has 1 aliphatic carbocycles. The van der Waals surface area contributed by atoms with E-state index in [0.29, 0.717) is 11.9 Å². The molecule has 1 amide bonds. The molecule has 152 valence electrons. The molecule has 1 aromatic carbocycles. The van der Waals surface area contributed by atoms with Gasteiger partial charge in [0.25, 0.3) is 0 Å². The van der Waals surface area contributed by atoms with Crippen molar-refractivity contribution < 1.29 is 4.79 Å². The molecule has 3 heterocycles. The van der Waals surface area contributed by atoms with E-state index in [9.17, 15) is 4.79 Å². The Kier molecular flexibility index (Phi) is 4.74. The van der Waals surface area contributed by atoms with Crippen molar-refractivity contribution in [3.63, 3.8) is 0 Å². The first-order chi connectivity index (χ1) is 13.7. The number of nitrogen functional groups attached to an aromatic ring is 1. The van der Waals surface area contributed by atoms with Crippen LogP contribution in [-0.2, 0) is 4.79 Å². The van der Waals surface area contributed by atoms with E-state index in [-0.39, 0.29) is 5.41 Å². The first-order valence-corrected chi connectivity index (χ1v) is 11.4. The Morgan fingerprint density at radius 3 is 2.46 bits per heavy atom. The van der Waals surface area contributed by atoms with Crippen LogP contribution in [0, 0.1) is 5.41 Å². The average Bonchev–Trinajstić information content (AvgIpc) is 3.45. The van der Waals surface area contributed by atoms with Crippen molar-refractivity contribution in [3.8, 4) is 0 Å². The maximum absolute atomic E-state index is 13.2. The summed E-state index contributed by atoms with van der Waals surface area (Å²) in [5.74, 6) is 0.321. The van der Waals surface area contributed by atoms with E-state index in [4.69, 9.17) is 5.73 Å². The first kappa shape index (κ1) is 18.3. The lowest BCUT2D eigenvalue weighted by Gasteiger charge is -2.32. The summed E-state index contributed by atoms with van der Waals surface area (Å²) in [4.78, 5) is 20.3. The Bertz CT molecular complexity index is 736. The number of hydrogen-bond donors (Lipinski definition) is 1. The number of carbonyl (C=O) groups excluding carboxylic acids is 1. The second-order valence-electron chi connectivity index (χ2n) is 9.42. The molecule has 0 aromatic heterocycles. The fourth-order valence-electron chi connectivity index (χ4n) is 6.11. The van der Waals surface area contributed by atoms with Gasteiger partial charge in [-0.05, 0) is 69.8 Å². The van der Waals surface area contributed by atoms with E-state index in [1.54, 1.807) is 0 Å². The van der Waals surface area contributed by atoms with Gasteiger partial charge in [-0.3, -0.25) is 9.69 Å². The van der Waals surface area contributed by atoms with E-state index < -0.39 is 0 Å². The van der Waals surface area contributed by atoms with Crippen LogP contribution in [0.15, 0.2) is 18.2 Å². The largest absolute Gasteiger partial charge is 0.397 e. The first-order valence-electron chi connectivity index (χ1n) is 11.4. The molecule has 3 aliphatic heterocycles. The highest BCUT2D eigenvalue weighted by Gasteiger charge is 2.47. The third-order valence-corrected chi connectivity index (χ3v) is 7.81. The number of hydrogen-bond acceptors (Lipinski definition) is 4. The topological polar surface area (TPSA) is 52.8 Å². The van der Waals surface area contributed by atoms with E-state index >= 15 is 0 Å². The fraction of sp³-hybridized carbons (Fsp3) is 0.696. The summed E-state index contributed by atoms with van der Waals surface area (Å²) in [6, 6.07) is 7.06. The maximum atomic E-state index is 13.2. The average molecular weight is 383 g/mol. The van der Waals surface area contributed by atoms with Crippen molar-refractivity contribution in [2.45, 2.75) is 63.8 Å². The summed E-state index contributed by atoms with van der Waals surface area (Å²) in [7, 11) is 0. The van der Waals surface area contributed by atoms with Gasteiger partial charge in [0.2, 0.25) is 5.91 Å². The number of nitrogens with two attached hydrogens (primary N) is 1. The van der Waals surface area contributed by atoms with Crippen molar-refractivity contribution in [2.75, 3.05) is 48.3 Å². The molecular weight excluding hydrogens is 348 g/mol. The Morgan fingerprint density at radius 2 is 1.71 bits per heavy atom. The quantitative estimate of drug-likeness (QED) is 0.811. The van der Waals surface area contributed by atoms with E-state index in [1.165, 1.54) is 57.3 Å². The molecule has 28 heavy (non-hydrogen) atoms. The minimum absolute atomic E-state index is 0.0960. The zero-order valence-electron chi connectivity index (χ0n) is 17.0. The molecule has 5 heteroatoms. The molecule has 1 atom stereocenters. The van der Waals surface area contributed by atoms with E-state index in [0.717, 1.165) is 50.3 Å². The Hall–Kier alpha value is -1.75. The number of likely N-dealkylation sites (tertiary alicyclic amines) is 1. The predicted octanol–water partition coefficient (Wildman–Crippen LogP) is 3.63. The minimum Gasteiger partial charge on any atom is -0.397 e. The number of anilines is 3. The van der Waals surface area contributed by atoms with Gasteiger partial charge < -0.3 is 15.5 Å². The van der Waals surface area contributed by atoms with Crippen LogP contribution >= 0.6 is 0 Å². The van der Waals surface area contributed by atoms with Gasteiger partial charge in [-0.2, -0.15) is 0 Å². The highest BCUT2D eigenvalue weighted by Crippen LogP contribution is 2.47. The Balaban J connectivity index is 1.30. The lowest BCUT2D eigenvalue weighted by Crippen LogP contribution is -2.36. The molecule has 0 radical (unpaired) electrons. The van der Waals surface area contributed by atoms with Gasteiger partial charge in [0.05, 0.1) is 16.8 Å². The van der Waals surface area contributed by atoms with Gasteiger partial charge in [0, 0.05) is 31.4 Å². The smallest absolute Gasteiger partial charge is 0.233 e. The molecule has 1 saturated carbocycles. The van der Waals surface area contributed by atoms with Crippen LogP contribution in [0.3, 0.4) is 0 Å². The summed E-state index contributed by atoms with van der Waals surface area (Å²) in [6.07, 6.45) is 10.7. The van der Waals surface area contributed by atoms with Crippen LogP contribution in [0.4, 0.5) is 17.1 Å². The maximum Gasteiger partial charge on any atom is 0.233 e. The Labute approximate surface area is 168 Å². The zero-order valence-corrected chi connectivity index (χ0v) is 17.0. The lowest BCUT2D eigenvalue weighted by atomic mass is 9.73. The van der Waals surface area contributed by atoms with Crippen LogP contribution in [0.25, 0.3) is 0 Å². The standard InChI is InChI=1S/C23H34N4O/c24-20-16-18(26-14-8-19(17-26)25-12-4-5-13-25)6-7-21(20)27-15-11-23(22(27)28)9-2-1-3-10-23/h6-7,16,19H,1-5,8-15,17,24H2. The molecule has 4 aliphatic rings. The molecule has 4 fully saturated rings. The molecule has 0 bridgehead atoms. The van der Waals surface area contributed by atoms with Gasteiger partial charge >= 0.3 is 0 Å². The number of rotatable bonds is 3. The summed E-state index contributed by atoms with van der Waals surface area (Å²) < 4.78 is 0. The summed E-state index contributed by atoms with van der Waals surface area (Å²) in [5, 5.41) is 0. The number of benzene rings is 1. The predicted molar refractivity (Wildman–Crippen MR) is 115 cm³/mol. The van der Waals surface area contributed by atoms with Crippen LogP contribution in [0.5, 0.6) is 0 Å². The highest BCUT2D eigenvalue weighted by atomic mass is 16.2. The fourth-order valence-corrected chi connectivity index (χ4v) is 6.11. The van der Waals surface area contributed by atoms with Gasteiger partial charge in [-0.15, -0.1) is 0 Å². The van der Waals surface area contributed by atoms with Crippen molar-refractivity contribution in [3.05, 3.63) is 18.2 Å². The second kappa shape index (κ2) is 7.25. The SMILES string of the molecule is Nc1cc(N2CCC(N3CCCC3)C2)ccc1N1CCC2(CCCCC2)C1=O. The normalized spacial score (nSPS) is 28.0. The van der Waals surface area contributed by atoms with Crippen LogP contribution in [0.1, 0.15) is 57.8 Å². The van der Waals surface area contributed by atoms with Crippen molar-refractivity contribution in [1.82, 2.24) is 4.90 Å². The van der Waals surface area contributed by atoms with Crippen LogP contribution in [0.2, 0.25) is 0 Å². The monoisotopic (exact) mass is 382 g/mol. The molecule has 5 nitrogen and oxygen atoms in total. The Morgan fingerprint density at radius 1 is 0.929 bits per heavy atom.